The number of aryl methyl sites for hydroxylation is 1. The molecule has 3 aromatic rings. The molecular weight excluding hydrogens is 505 g/mol. The molecule has 38 heavy (non-hydrogen) atoms. The van der Waals surface area contributed by atoms with Gasteiger partial charge in [0.25, 0.3) is 11.8 Å². The summed E-state index contributed by atoms with van der Waals surface area (Å²) in [6.07, 6.45) is 4.41. The largest absolute Gasteiger partial charge is 0.366 e. The quantitative estimate of drug-likeness (QED) is 0.404. The van der Waals surface area contributed by atoms with E-state index in [2.05, 4.69) is 6.92 Å². The molecule has 0 radical (unpaired) electrons. The van der Waals surface area contributed by atoms with Gasteiger partial charge in [-0.2, -0.15) is 0 Å². The normalized spacial score (nSPS) is 15.3. The van der Waals surface area contributed by atoms with Crippen molar-refractivity contribution in [2.75, 3.05) is 42.5 Å². The molecule has 0 atom stereocenters. The summed E-state index contributed by atoms with van der Waals surface area (Å²) in [6.45, 7) is 5.22. The van der Waals surface area contributed by atoms with E-state index in [1.54, 1.807) is 41.3 Å². The lowest BCUT2D eigenvalue weighted by atomic mass is 10.1. The van der Waals surface area contributed by atoms with Crippen LogP contribution >= 0.6 is 11.6 Å². The van der Waals surface area contributed by atoms with Gasteiger partial charge in [-0.25, -0.2) is 9.37 Å². The van der Waals surface area contributed by atoms with Crippen LogP contribution in [-0.2, 0) is 13.0 Å². The fraction of sp³-hybridized carbons (Fsp3) is 0.414. The number of piperazine rings is 1. The Morgan fingerprint density at radius 1 is 1.03 bits per heavy atom. The predicted molar refractivity (Wildman–Crippen MR) is 148 cm³/mol. The number of fused-ring (bicyclic) bond motifs is 1. The maximum atomic E-state index is 14.3. The fourth-order valence-electron chi connectivity index (χ4n) is 5.27. The van der Waals surface area contributed by atoms with Crippen LogP contribution < -0.4 is 9.80 Å². The van der Waals surface area contributed by atoms with Crippen molar-refractivity contribution < 1.29 is 14.0 Å². The van der Waals surface area contributed by atoms with Crippen LogP contribution in [-0.4, -0.2) is 59.0 Å². The molecule has 5 rings (SSSR count). The molecule has 2 aromatic carbocycles. The van der Waals surface area contributed by atoms with Crippen molar-refractivity contribution >= 4 is 34.9 Å². The molecule has 0 saturated carbocycles. The molecule has 1 aromatic heterocycles. The van der Waals surface area contributed by atoms with E-state index >= 15 is 0 Å². The molecule has 1 fully saturated rings. The summed E-state index contributed by atoms with van der Waals surface area (Å²) < 4.78 is 16.4. The first-order valence-corrected chi connectivity index (χ1v) is 13.8. The number of carbonyl (C=O) groups excluding carboxylic acids is 2. The van der Waals surface area contributed by atoms with Crippen molar-refractivity contribution in [1.82, 2.24) is 14.5 Å². The SMILES string of the molecule is CCCCN(C(=O)c1cccc(Cl)c1)c1nc2n(c1C(=O)N1CCN(c3ccccc3F)CC1)CCCC2. The summed E-state index contributed by atoms with van der Waals surface area (Å²) in [5.41, 5.74) is 1.50. The van der Waals surface area contributed by atoms with Gasteiger partial charge in [-0.3, -0.25) is 14.5 Å². The van der Waals surface area contributed by atoms with Gasteiger partial charge in [-0.1, -0.05) is 43.1 Å². The van der Waals surface area contributed by atoms with E-state index in [9.17, 15) is 14.0 Å². The number of anilines is 2. The molecule has 2 aliphatic rings. The average Bonchev–Trinajstić information content (AvgIpc) is 3.32. The summed E-state index contributed by atoms with van der Waals surface area (Å²) in [5, 5.41) is 0.486. The highest BCUT2D eigenvalue weighted by atomic mass is 35.5. The molecule has 2 aliphatic heterocycles. The van der Waals surface area contributed by atoms with Crippen molar-refractivity contribution in [3.63, 3.8) is 0 Å². The fourth-order valence-corrected chi connectivity index (χ4v) is 5.47. The Morgan fingerprint density at radius 2 is 1.82 bits per heavy atom. The highest BCUT2D eigenvalue weighted by molar-refractivity contribution is 6.31. The van der Waals surface area contributed by atoms with Crippen molar-refractivity contribution in [3.8, 4) is 0 Å². The second kappa shape index (κ2) is 11.6. The van der Waals surface area contributed by atoms with Gasteiger partial charge in [0.2, 0.25) is 0 Å². The van der Waals surface area contributed by atoms with Crippen molar-refractivity contribution in [3.05, 3.63) is 76.5 Å². The van der Waals surface area contributed by atoms with E-state index < -0.39 is 0 Å². The lowest BCUT2D eigenvalue weighted by Crippen LogP contribution is -2.49. The Labute approximate surface area is 227 Å². The van der Waals surface area contributed by atoms with Crippen LogP contribution in [0.4, 0.5) is 15.9 Å². The van der Waals surface area contributed by atoms with Crippen LogP contribution in [0.3, 0.4) is 0 Å². The summed E-state index contributed by atoms with van der Waals surface area (Å²) in [7, 11) is 0. The number of rotatable bonds is 7. The minimum absolute atomic E-state index is 0.130. The van der Waals surface area contributed by atoms with Crippen LogP contribution in [0.5, 0.6) is 0 Å². The maximum absolute atomic E-state index is 14.3. The lowest BCUT2D eigenvalue weighted by Gasteiger charge is -2.36. The maximum Gasteiger partial charge on any atom is 0.274 e. The monoisotopic (exact) mass is 537 g/mol. The minimum Gasteiger partial charge on any atom is -0.366 e. The molecule has 7 nitrogen and oxygen atoms in total. The number of halogens is 2. The Kier molecular flexibility index (Phi) is 7.98. The topological polar surface area (TPSA) is 61.7 Å². The molecule has 2 amide bonds. The van der Waals surface area contributed by atoms with E-state index in [1.807, 2.05) is 20.4 Å². The summed E-state index contributed by atoms with van der Waals surface area (Å²) >= 11 is 6.20. The number of carbonyl (C=O) groups is 2. The van der Waals surface area contributed by atoms with Crippen molar-refractivity contribution in [1.29, 1.82) is 0 Å². The van der Waals surface area contributed by atoms with E-state index in [-0.39, 0.29) is 17.6 Å². The Bertz CT molecular complexity index is 1320. The Morgan fingerprint density at radius 3 is 2.55 bits per heavy atom. The van der Waals surface area contributed by atoms with Crippen LogP contribution in [0.1, 0.15) is 59.3 Å². The zero-order valence-corrected chi connectivity index (χ0v) is 22.5. The number of nitrogens with zero attached hydrogens (tertiary/aromatic N) is 5. The standard InChI is InChI=1S/C29H33ClFN5O2/c1-2-3-14-36(28(37)21-9-8-10-22(30)20-21)27-26(35-15-7-6-13-25(35)32-27)29(38)34-18-16-33(17-19-34)24-12-5-4-11-23(24)31/h4-5,8-12,20H,2-3,6-7,13-19H2,1H3. The van der Waals surface area contributed by atoms with E-state index in [1.165, 1.54) is 6.07 Å². The number of hydrogen-bond acceptors (Lipinski definition) is 4. The first-order chi connectivity index (χ1) is 18.5. The number of imidazole rings is 1. The van der Waals surface area contributed by atoms with Crippen LogP contribution in [0.15, 0.2) is 48.5 Å². The number of unbranched alkanes of at least 4 members (excludes halogenated alkanes) is 1. The number of hydrogen-bond donors (Lipinski definition) is 0. The first kappa shape index (κ1) is 26.2. The number of amides is 2. The highest BCUT2D eigenvalue weighted by Crippen LogP contribution is 2.30. The van der Waals surface area contributed by atoms with Gasteiger partial charge in [0, 0.05) is 56.3 Å². The third-order valence-corrected chi connectivity index (χ3v) is 7.57. The zero-order chi connectivity index (χ0) is 26.6. The molecular formula is C29H33ClFN5O2. The van der Waals surface area contributed by atoms with Crippen molar-refractivity contribution in [2.45, 2.75) is 45.6 Å². The lowest BCUT2D eigenvalue weighted by molar-refractivity contribution is 0.0735. The average molecular weight is 538 g/mol. The van der Waals surface area contributed by atoms with Gasteiger partial charge in [0.1, 0.15) is 11.6 Å². The van der Waals surface area contributed by atoms with Gasteiger partial charge >= 0.3 is 0 Å². The minimum atomic E-state index is -0.259. The van der Waals surface area contributed by atoms with E-state index in [4.69, 9.17) is 16.6 Å². The number of benzene rings is 2. The summed E-state index contributed by atoms with van der Waals surface area (Å²) in [6, 6.07) is 13.6. The molecule has 200 valence electrons. The third-order valence-electron chi connectivity index (χ3n) is 7.33. The second-order valence-electron chi connectivity index (χ2n) is 9.86. The zero-order valence-electron chi connectivity index (χ0n) is 21.7. The Hall–Kier alpha value is -3.39. The van der Waals surface area contributed by atoms with Gasteiger partial charge < -0.3 is 14.4 Å². The predicted octanol–water partition coefficient (Wildman–Crippen LogP) is 5.42. The van der Waals surface area contributed by atoms with Gasteiger partial charge in [0.15, 0.2) is 11.5 Å². The van der Waals surface area contributed by atoms with Gasteiger partial charge in [-0.05, 0) is 49.6 Å². The van der Waals surface area contributed by atoms with E-state index in [0.29, 0.717) is 67.1 Å². The number of para-hydroxylation sites is 1. The van der Waals surface area contributed by atoms with Gasteiger partial charge in [0.05, 0.1) is 5.69 Å². The molecule has 0 spiro atoms. The van der Waals surface area contributed by atoms with Crippen LogP contribution in [0.25, 0.3) is 0 Å². The number of aromatic nitrogens is 2. The van der Waals surface area contributed by atoms with Gasteiger partial charge in [-0.15, -0.1) is 0 Å². The van der Waals surface area contributed by atoms with Crippen LogP contribution in [0, 0.1) is 5.82 Å². The Balaban J connectivity index is 1.46. The van der Waals surface area contributed by atoms with Crippen molar-refractivity contribution in [2.24, 2.45) is 0 Å². The molecule has 3 heterocycles. The molecule has 1 saturated heterocycles. The second-order valence-corrected chi connectivity index (χ2v) is 10.3. The highest BCUT2D eigenvalue weighted by Gasteiger charge is 2.34. The molecule has 0 bridgehead atoms. The first-order valence-electron chi connectivity index (χ1n) is 13.4. The van der Waals surface area contributed by atoms with Crippen LogP contribution in [0.2, 0.25) is 5.02 Å². The van der Waals surface area contributed by atoms with E-state index in [0.717, 1.165) is 37.9 Å². The molecule has 9 heteroatoms. The summed E-state index contributed by atoms with van der Waals surface area (Å²) in [5.74, 6) is 0.677. The molecule has 0 unspecified atom stereocenters. The smallest absolute Gasteiger partial charge is 0.274 e. The molecule has 0 N–H and O–H groups in total. The third kappa shape index (κ3) is 5.27. The summed E-state index contributed by atoms with van der Waals surface area (Å²) in [4.78, 5) is 38.1. The molecule has 0 aliphatic carbocycles.